The normalized spacial score (nSPS) is 13.8. The minimum atomic E-state index is -1.05. The molecule has 0 aromatic carbocycles. The number of rotatable bonds is 4. The molecule has 0 unspecified atom stereocenters. The Labute approximate surface area is 129 Å². The van der Waals surface area contributed by atoms with E-state index in [0.717, 1.165) is 9.13 Å². The van der Waals surface area contributed by atoms with Crippen molar-refractivity contribution in [2.75, 3.05) is 5.73 Å². The minimum absolute atomic E-state index is 0.0415. The van der Waals surface area contributed by atoms with E-state index in [2.05, 4.69) is 0 Å². The van der Waals surface area contributed by atoms with E-state index in [1.807, 2.05) is 0 Å². The van der Waals surface area contributed by atoms with Crippen molar-refractivity contribution in [3.8, 4) is 0 Å². The molecule has 0 saturated heterocycles. The number of anilines is 1. The van der Waals surface area contributed by atoms with Crippen LogP contribution in [0, 0.1) is 10.1 Å². The maximum absolute atomic E-state index is 12.5. The molecule has 2 heterocycles. The van der Waals surface area contributed by atoms with Crippen molar-refractivity contribution in [2.45, 2.75) is 18.9 Å². The van der Waals surface area contributed by atoms with Crippen LogP contribution in [0.4, 0.5) is 5.82 Å². The van der Waals surface area contributed by atoms with Crippen LogP contribution in [0.25, 0.3) is 0 Å². The minimum Gasteiger partial charge on any atom is -0.385 e. The molecule has 0 bridgehead atoms. The number of hydrogen-bond acceptors (Lipinski definition) is 6. The third-order valence-electron chi connectivity index (χ3n) is 3.72. The SMILES string of the molecule is C[C@@H]([C@H](c1cccs1)c1c(N)n(C)c(=O)n(C)c1=O)[N+](=O)[O-]. The molecular formula is C13H16N4O4S. The zero-order chi connectivity index (χ0) is 16.6. The van der Waals surface area contributed by atoms with E-state index >= 15 is 0 Å². The average molecular weight is 324 g/mol. The van der Waals surface area contributed by atoms with Crippen LogP contribution in [0.5, 0.6) is 0 Å². The molecule has 2 aromatic heterocycles. The van der Waals surface area contributed by atoms with Crippen LogP contribution < -0.4 is 17.0 Å². The maximum Gasteiger partial charge on any atom is 0.332 e. The van der Waals surface area contributed by atoms with E-state index in [9.17, 15) is 19.7 Å². The van der Waals surface area contributed by atoms with Gasteiger partial charge in [-0.2, -0.15) is 0 Å². The summed E-state index contributed by atoms with van der Waals surface area (Å²) < 4.78 is 2.04. The van der Waals surface area contributed by atoms with Crippen molar-refractivity contribution in [3.05, 3.63) is 58.9 Å². The molecule has 2 rings (SSSR count). The molecule has 9 heteroatoms. The number of nitro groups is 1. The van der Waals surface area contributed by atoms with Gasteiger partial charge in [0.25, 0.3) is 5.56 Å². The molecule has 0 amide bonds. The van der Waals surface area contributed by atoms with Crippen LogP contribution in [-0.4, -0.2) is 20.1 Å². The predicted molar refractivity (Wildman–Crippen MR) is 84.0 cm³/mol. The maximum atomic E-state index is 12.5. The highest BCUT2D eigenvalue weighted by Crippen LogP contribution is 2.33. The Morgan fingerprint density at radius 3 is 2.45 bits per heavy atom. The highest BCUT2D eigenvalue weighted by Gasteiger charge is 2.35. The number of thiophene rings is 1. The molecule has 0 saturated carbocycles. The summed E-state index contributed by atoms with van der Waals surface area (Å²) in [5.41, 5.74) is 4.84. The lowest BCUT2D eigenvalue weighted by Gasteiger charge is -2.20. The first kappa shape index (κ1) is 16.0. The molecule has 0 aliphatic rings. The van der Waals surface area contributed by atoms with Crippen molar-refractivity contribution in [1.29, 1.82) is 0 Å². The van der Waals surface area contributed by atoms with Crippen LogP contribution in [0.2, 0.25) is 0 Å². The molecule has 0 radical (unpaired) electrons. The van der Waals surface area contributed by atoms with Gasteiger partial charge in [0.1, 0.15) is 5.82 Å². The third-order valence-corrected chi connectivity index (χ3v) is 4.68. The number of nitrogens with two attached hydrogens (primary N) is 1. The summed E-state index contributed by atoms with van der Waals surface area (Å²) in [6.45, 7) is 1.42. The Morgan fingerprint density at radius 2 is 1.95 bits per heavy atom. The molecule has 2 N–H and O–H groups in total. The lowest BCUT2D eigenvalue weighted by Crippen LogP contribution is -2.43. The molecule has 0 spiro atoms. The van der Waals surface area contributed by atoms with Gasteiger partial charge in [-0.1, -0.05) is 6.07 Å². The van der Waals surface area contributed by atoms with Crippen molar-refractivity contribution >= 4 is 17.2 Å². The Bertz CT molecular complexity index is 822. The van der Waals surface area contributed by atoms with E-state index in [0.29, 0.717) is 4.88 Å². The van der Waals surface area contributed by atoms with E-state index in [-0.39, 0.29) is 11.4 Å². The molecule has 0 fully saturated rings. The van der Waals surface area contributed by atoms with Gasteiger partial charge in [0, 0.05) is 30.8 Å². The topological polar surface area (TPSA) is 113 Å². The summed E-state index contributed by atoms with van der Waals surface area (Å²) in [7, 11) is 2.76. The van der Waals surface area contributed by atoms with Crippen LogP contribution in [0.3, 0.4) is 0 Å². The molecule has 0 aliphatic heterocycles. The number of aromatic nitrogens is 2. The van der Waals surface area contributed by atoms with Crippen molar-refractivity contribution < 1.29 is 4.92 Å². The first-order valence-corrected chi connectivity index (χ1v) is 7.37. The number of nitrogen functional groups attached to an aromatic ring is 1. The average Bonchev–Trinajstić information content (AvgIpc) is 3.00. The van der Waals surface area contributed by atoms with E-state index in [1.54, 1.807) is 17.5 Å². The summed E-state index contributed by atoms with van der Waals surface area (Å²) in [5, 5.41) is 13.0. The predicted octanol–water partition coefficient (Wildman–Crippen LogP) is 0.525. The second-order valence-electron chi connectivity index (χ2n) is 5.02. The zero-order valence-electron chi connectivity index (χ0n) is 12.3. The summed E-state index contributed by atoms with van der Waals surface area (Å²) in [6.07, 6.45) is 0. The zero-order valence-corrected chi connectivity index (χ0v) is 13.2. The van der Waals surface area contributed by atoms with Crippen LogP contribution in [0.15, 0.2) is 27.1 Å². The highest BCUT2D eigenvalue weighted by atomic mass is 32.1. The highest BCUT2D eigenvalue weighted by molar-refractivity contribution is 7.10. The summed E-state index contributed by atoms with van der Waals surface area (Å²) in [5.74, 6) is -0.847. The molecule has 8 nitrogen and oxygen atoms in total. The van der Waals surface area contributed by atoms with Gasteiger partial charge in [-0.3, -0.25) is 24.0 Å². The van der Waals surface area contributed by atoms with Crippen LogP contribution >= 0.6 is 11.3 Å². The fraction of sp³-hybridized carbons (Fsp3) is 0.385. The standard InChI is InChI=1S/C13H16N4O4S/c1-7(17(20)21)9(8-5-4-6-22-8)10-11(14)15(2)13(19)16(3)12(10)18/h4-7,9H,14H2,1-3H3/t7-,9+/m0/s1. The largest absolute Gasteiger partial charge is 0.385 e. The lowest BCUT2D eigenvalue weighted by atomic mass is 9.92. The third kappa shape index (κ3) is 2.43. The molecule has 118 valence electrons. The van der Waals surface area contributed by atoms with E-state index in [1.165, 1.54) is 32.4 Å². The van der Waals surface area contributed by atoms with Gasteiger partial charge in [0.2, 0.25) is 6.04 Å². The van der Waals surface area contributed by atoms with Gasteiger partial charge in [-0.25, -0.2) is 4.79 Å². The van der Waals surface area contributed by atoms with Gasteiger partial charge in [-0.05, 0) is 11.4 Å². The Balaban J connectivity index is 2.82. The monoisotopic (exact) mass is 324 g/mol. The number of hydrogen-bond donors (Lipinski definition) is 1. The van der Waals surface area contributed by atoms with Gasteiger partial charge >= 0.3 is 5.69 Å². The Morgan fingerprint density at radius 1 is 1.32 bits per heavy atom. The molecule has 2 aromatic rings. The fourth-order valence-corrected chi connectivity index (χ4v) is 3.32. The van der Waals surface area contributed by atoms with Gasteiger partial charge < -0.3 is 5.73 Å². The second-order valence-corrected chi connectivity index (χ2v) is 6.00. The first-order valence-electron chi connectivity index (χ1n) is 6.49. The van der Waals surface area contributed by atoms with E-state index < -0.39 is 28.1 Å². The first-order chi connectivity index (χ1) is 10.3. The quantitative estimate of drug-likeness (QED) is 0.651. The van der Waals surface area contributed by atoms with Gasteiger partial charge in [-0.15, -0.1) is 11.3 Å². The van der Waals surface area contributed by atoms with Crippen molar-refractivity contribution in [1.82, 2.24) is 9.13 Å². The molecular weight excluding hydrogens is 308 g/mol. The van der Waals surface area contributed by atoms with Crippen molar-refractivity contribution in [3.63, 3.8) is 0 Å². The van der Waals surface area contributed by atoms with Gasteiger partial charge in [0.15, 0.2) is 0 Å². The summed E-state index contributed by atoms with van der Waals surface area (Å²) in [6, 6.07) is 2.42. The second kappa shape index (κ2) is 5.76. The van der Waals surface area contributed by atoms with Crippen LogP contribution in [-0.2, 0) is 14.1 Å². The Kier molecular flexibility index (Phi) is 4.18. The number of nitrogens with zero attached hydrogens (tertiary/aromatic N) is 3. The summed E-state index contributed by atoms with van der Waals surface area (Å²) >= 11 is 1.31. The fourth-order valence-electron chi connectivity index (χ4n) is 2.39. The van der Waals surface area contributed by atoms with E-state index in [4.69, 9.17) is 5.73 Å². The molecule has 0 aliphatic carbocycles. The van der Waals surface area contributed by atoms with Crippen LogP contribution in [0.1, 0.15) is 23.3 Å². The van der Waals surface area contributed by atoms with Gasteiger partial charge in [0.05, 0.1) is 11.5 Å². The molecule has 22 heavy (non-hydrogen) atoms. The molecule has 2 atom stereocenters. The van der Waals surface area contributed by atoms with Crippen molar-refractivity contribution in [2.24, 2.45) is 14.1 Å². The lowest BCUT2D eigenvalue weighted by molar-refractivity contribution is -0.520. The Hall–Kier alpha value is -2.42. The smallest absolute Gasteiger partial charge is 0.332 e. The summed E-state index contributed by atoms with van der Waals surface area (Å²) in [4.78, 5) is 35.8.